The molecule has 1 aromatic carbocycles. The smallest absolute Gasteiger partial charge is 0.225 e. The van der Waals surface area contributed by atoms with E-state index in [2.05, 4.69) is 12.2 Å². The van der Waals surface area contributed by atoms with E-state index in [1.54, 1.807) is 12.0 Å². The zero-order valence-corrected chi connectivity index (χ0v) is 13.3. The van der Waals surface area contributed by atoms with Gasteiger partial charge in [-0.25, -0.2) is 0 Å². The van der Waals surface area contributed by atoms with E-state index in [9.17, 15) is 9.59 Å². The summed E-state index contributed by atoms with van der Waals surface area (Å²) in [6, 6.07) is 7.60. The number of hydrogen-bond acceptors (Lipinski definition) is 3. The molecule has 1 aliphatic heterocycles. The van der Waals surface area contributed by atoms with Gasteiger partial charge in [0.15, 0.2) is 0 Å². The summed E-state index contributed by atoms with van der Waals surface area (Å²) >= 11 is 0. The molecule has 1 N–H and O–H groups in total. The van der Waals surface area contributed by atoms with Crippen molar-refractivity contribution in [2.75, 3.05) is 20.2 Å². The molecule has 1 atom stereocenters. The molecule has 0 spiro atoms. The number of carbonyl (C=O) groups excluding carboxylic acids is 2. The van der Waals surface area contributed by atoms with Gasteiger partial charge in [-0.05, 0) is 12.5 Å². The van der Waals surface area contributed by atoms with E-state index in [4.69, 9.17) is 4.74 Å². The van der Waals surface area contributed by atoms with Gasteiger partial charge in [0, 0.05) is 31.6 Å². The van der Waals surface area contributed by atoms with Crippen molar-refractivity contribution < 1.29 is 14.3 Å². The van der Waals surface area contributed by atoms with Crippen LogP contribution in [0.15, 0.2) is 24.3 Å². The first kappa shape index (κ1) is 16.3. The maximum absolute atomic E-state index is 12.3. The first-order valence-corrected chi connectivity index (χ1v) is 7.83. The van der Waals surface area contributed by atoms with Crippen LogP contribution >= 0.6 is 0 Å². The molecular weight excluding hydrogens is 280 g/mol. The number of methoxy groups -OCH3 is 1. The van der Waals surface area contributed by atoms with Crippen LogP contribution in [0.5, 0.6) is 5.75 Å². The molecule has 0 unspecified atom stereocenters. The van der Waals surface area contributed by atoms with Gasteiger partial charge in [-0.15, -0.1) is 0 Å². The third kappa shape index (κ3) is 4.00. The second-order valence-electron chi connectivity index (χ2n) is 5.62. The Hall–Kier alpha value is -2.04. The number of unbranched alkanes of at least 4 members (excludes halogenated alkanes) is 1. The molecule has 1 heterocycles. The van der Waals surface area contributed by atoms with Gasteiger partial charge in [-0.1, -0.05) is 31.5 Å². The highest BCUT2D eigenvalue weighted by atomic mass is 16.5. The van der Waals surface area contributed by atoms with Crippen molar-refractivity contribution in [3.8, 4) is 5.75 Å². The van der Waals surface area contributed by atoms with E-state index in [1.807, 2.05) is 24.3 Å². The Labute approximate surface area is 131 Å². The third-order valence-corrected chi connectivity index (χ3v) is 4.01. The average Bonchev–Trinajstić information content (AvgIpc) is 2.92. The van der Waals surface area contributed by atoms with Gasteiger partial charge in [0.1, 0.15) is 5.75 Å². The van der Waals surface area contributed by atoms with Crippen LogP contribution in [0.2, 0.25) is 0 Å². The lowest BCUT2D eigenvalue weighted by Crippen LogP contribution is -2.33. The number of nitrogens with one attached hydrogen (secondary N) is 1. The van der Waals surface area contributed by atoms with Crippen molar-refractivity contribution in [1.82, 2.24) is 10.2 Å². The standard InChI is InChI=1S/C17H24N2O3/c1-3-4-9-19-12-14(10-16(19)20)17(21)18-11-13-7-5-6-8-15(13)22-2/h5-8,14H,3-4,9-12H2,1-2H3,(H,18,21)/t14-/m1/s1. The maximum Gasteiger partial charge on any atom is 0.225 e. The van der Waals surface area contributed by atoms with Gasteiger partial charge in [0.25, 0.3) is 0 Å². The molecule has 0 aliphatic carbocycles. The van der Waals surface area contributed by atoms with E-state index < -0.39 is 0 Å². The lowest BCUT2D eigenvalue weighted by atomic mass is 10.1. The molecule has 120 valence electrons. The molecule has 1 aromatic rings. The van der Waals surface area contributed by atoms with Gasteiger partial charge < -0.3 is 15.0 Å². The van der Waals surface area contributed by atoms with E-state index in [-0.39, 0.29) is 17.7 Å². The van der Waals surface area contributed by atoms with Crippen LogP contribution in [-0.2, 0) is 16.1 Å². The summed E-state index contributed by atoms with van der Waals surface area (Å²) in [5.74, 6) is 0.554. The van der Waals surface area contributed by atoms with Gasteiger partial charge in [-0.2, -0.15) is 0 Å². The van der Waals surface area contributed by atoms with Crippen molar-refractivity contribution in [3.05, 3.63) is 29.8 Å². The molecule has 1 saturated heterocycles. The van der Waals surface area contributed by atoms with Gasteiger partial charge >= 0.3 is 0 Å². The Morgan fingerprint density at radius 2 is 2.18 bits per heavy atom. The van der Waals surface area contributed by atoms with Crippen LogP contribution in [0.4, 0.5) is 0 Å². The van der Waals surface area contributed by atoms with E-state index in [1.165, 1.54) is 0 Å². The SMILES string of the molecule is CCCCN1C[C@H](C(=O)NCc2ccccc2OC)CC1=O. The van der Waals surface area contributed by atoms with E-state index >= 15 is 0 Å². The first-order chi connectivity index (χ1) is 10.7. The predicted octanol–water partition coefficient (Wildman–Crippen LogP) is 1.96. The summed E-state index contributed by atoms with van der Waals surface area (Å²) in [5, 5.41) is 2.91. The Balaban J connectivity index is 1.86. The number of amides is 2. The Morgan fingerprint density at radius 3 is 2.91 bits per heavy atom. The highest BCUT2D eigenvalue weighted by Crippen LogP contribution is 2.20. The number of ether oxygens (including phenoxy) is 1. The van der Waals surface area contributed by atoms with Gasteiger partial charge in [0.2, 0.25) is 11.8 Å². The van der Waals surface area contributed by atoms with Gasteiger partial charge in [-0.3, -0.25) is 9.59 Å². The normalized spacial score (nSPS) is 17.6. The number of hydrogen-bond donors (Lipinski definition) is 1. The van der Waals surface area contributed by atoms with Crippen molar-refractivity contribution in [1.29, 1.82) is 0 Å². The van der Waals surface area contributed by atoms with Crippen LogP contribution in [0.3, 0.4) is 0 Å². The quantitative estimate of drug-likeness (QED) is 0.838. The molecular formula is C17H24N2O3. The van der Waals surface area contributed by atoms with E-state index in [0.29, 0.717) is 19.5 Å². The van der Waals surface area contributed by atoms with Crippen LogP contribution in [0.1, 0.15) is 31.7 Å². The second-order valence-corrected chi connectivity index (χ2v) is 5.62. The molecule has 0 radical (unpaired) electrons. The van der Waals surface area contributed by atoms with Crippen molar-refractivity contribution in [2.45, 2.75) is 32.7 Å². The van der Waals surface area contributed by atoms with Crippen molar-refractivity contribution >= 4 is 11.8 Å². The molecule has 2 rings (SSSR count). The fraction of sp³-hybridized carbons (Fsp3) is 0.529. The van der Waals surface area contributed by atoms with Gasteiger partial charge in [0.05, 0.1) is 13.0 Å². The topological polar surface area (TPSA) is 58.6 Å². The number of benzene rings is 1. The average molecular weight is 304 g/mol. The van der Waals surface area contributed by atoms with Crippen LogP contribution in [0, 0.1) is 5.92 Å². The third-order valence-electron chi connectivity index (χ3n) is 4.01. The molecule has 1 aliphatic rings. The summed E-state index contributed by atoms with van der Waals surface area (Å²) in [7, 11) is 1.61. The summed E-state index contributed by atoms with van der Waals surface area (Å²) in [4.78, 5) is 26.0. The van der Waals surface area contributed by atoms with E-state index in [0.717, 1.165) is 30.7 Å². The highest BCUT2D eigenvalue weighted by molar-refractivity contribution is 5.89. The Morgan fingerprint density at radius 1 is 1.41 bits per heavy atom. The second kappa shape index (κ2) is 7.82. The highest BCUT2D eigenvalue weighted by Gasteiger charge is 2.33. The first-order valence-electron chi connectivity index (χ1n) is 7.83. The summed E-state index contributed by atoms with van der Waals surface area (Å²) in [5.41, 5.74) is 0.936. The van der Waals surface area contributed by atoms with Crippen LogP contribution < -0.4 is 10.1 Å². The van der Waals surface area contributed by atoms with Crippen molar-refractivity contribution in [2.24, 2.45) is 5.92 Å². The monoisotopic (exact) mass is 304 g/mol. The lowest BCUT2D eigenvalue weighted by Gasteiger charge is -2.16. The largest absolute Gasteiger partial charge is 0.496 e. The molecule has 2 amide bonds. The lowest BCUT2D eigenvalue weighted by molar-refractivity contribution is -0.129. The summed E-state index contributed by atoms with van der Waals surface area (Å²) in [6.45, 7) is 3.81. The molecule has 0 bridgehead atoms. The molecule has 22 heavy (non-hydrogen) atoms. The van der Waals surface area contributed by atoms with Crippen LogP contribution in [0.25, 0.3) is 0 Å². The summed E-state index contributed by atoms with van der Waals surface area (Å²) in [6.07, 6.45) is 2.36. The number of rotatable bonds is 7. The zero-order valence-electron chi connectivity index (χ0n) is 13.3. The minimum absolute atomic E-state index is 0.0572. The molecule has 5 nitrogen and oxygen atoms in total. The zero-order chi connectivity index (χ0) is 15.9. The molecule has 5 heteroatoms. The molecule has 0 saturated carbocycles. The number of nitrogens with zero attached hydrogens (tertiary/aromatic N) is 1. The number of likely N-dealkylation sites (tertiary alicyclic amines) is 1. The van der Waals surface area contributed by atoms with Crippen LogP contribution in [-0.4, -0.2) is 36.9 Å². The number of carbonyl (C=O) groups is 2. The minimum atomic E-state index is -0.237. The fourth-order valence-corrected chi connectivity index (χ4v) is 2.69. The maximum atomic E-state index is 12.3. The van der Waals surface area contributed by atoms with Crippen molar-refractivity contribution in [3.63, 3.8) is 0 Å². The summed E-state index contributed by atoms with van der Waals surface area (Å²) < 4.78 is 5.27. The molecule has 0 aromatic heterocycles. The predicted molar refractivity (Wildman–Crippen MR) is 84.4 cm³/mol. The molecule has 1 fully saturated rings. The minimum Gasteiger partial charge on any atom is -0.496 e. The Bertz CT molecular complexity index is 530. The number of para-hydroxylation sites is 1. The fourth-order valence-electron chi connectivity index (χ4n) is 2.69. The Kier molecular flexibility index (Phi) is 5.81.